The van der Waals surface area contributed by atoms with Crippen LogP contribution < -0.4 is 14.4 Å². The second-order valence-electron chi connectivity index (χ2n) is 5.86. The zero-order valence-corrected chi connectivity index (χ0v) is 15.6. The molecule has 0 aliphatic rings. The zero-order chi connectivity index (χ0) is 18.6. The molecule has 0 bridgehead atoms. The van der Waals surface area contributed by atoms with Gasteiger partial charge in [-0.15, -0.1) is 0 Å². The summed E-state index contributed by atoms with van der Waals surface area (Å²) in [5.41, 5.74) is 2.81. The summed E-state index contributed by atoms with van der Waals surface area (Å²) in [7, 11) is -2.11. The van der Waals surface area contributed by atoms with Crippen molar-refractivity contribution in [2.45, 2.75) is 13.8 Å². The first-order valence-corrected chi connectivity index (χ1v) is 9.54. The Kier molecular flexibility index (Phi) is 5.69. The van der Waals surface area contributed by atoms with Crippen molar-refractivity contribution >= 4 is 27.3 Å². The second-order valence-corrected chi connectivity index (χ2v) is 7.77. The van der Waals surface area contributed by atoms with E-state index < -0.39 is 15.9 Å². The fraction of sp³-hybridized carbons (Fsp3) is 0.278. The normalized spacial score (nSPS) is 11.0. The van der Waals surface area contributed by atoms with Crippen molar-refractivity contribution in [2.24, 2.45) is 0 Å². The lowest BCUT2D eigenvalue weighted by atomic mass is 10.1. The highest BCUT2D eigenvalue weighted by Crippen LogP contribution is 2.24. The first-order valence-electron chi connectivity index (χ1n) is 7.69. The van der Waals surface area contributed by atoms with Gasteiger partial charge in [-0.3, -0.25) is 9.10 Å². The van der Waals surface area contributed by atoms with Crippen LogP contribution in [-0.2, 0) is 14.8 Å². The van der Waals surface area contributed by atoms with E-state index in [1.165, 1.54) is 7.11 Å². The van der Waals surface area contributed by atoms with Crippen LogP contribution >= 0.6 is 0 Å². The van der Waals surface area contributed by atoms with E-state index in [0.29, 0.717) is 17.1 Å². The van der Waals surface area contributed by atoms with E-state index in [-0.39, 0.29) is 6.54 Å². The molecule has 0 aliphatic carbocycles. The van der Waals surface area contributed by atoms with E-state index >= 15 is 0 Å². The molecule has 1 N–H and O–H groups in total. The second kappa shape index (κ2) is 7.57. The molecule has 0 atom stereocenters. The number of carbonyl (C=O) groups excluding carboxylic acids is 1. The molecule has 0 heterocycles. The standard InChI is InChI=1S/C18H22N2O4S/c1-13-9-14(2)11-15(10-13)20(25(4,22)23)12-18(21)19-16-7-5-6-8-17(16)24-3/h5-11H,12H2,1-4H3,(H,19,21). The number of nitrogens with one attached hydrogen (secondary N) is 1. The van der Waals surface area contributed by atoms with Gasteiger partial charge >= 0.3 is 0 Å². The van der Waals surface area contributed by atoms with Gasteiger partial charge in [0.1, 0.15) is 12.3 Å². The summed E-state index contributed by atoms with van der Waals surface area (Å²) in [6, 6.07) is 12.4. The van der Waals surface area contributed by atoms with Crippen LogP contribution in [0.15, 0.2) is 42.5 Å². The van der Waals surface area contributed by atoms with Gasteiger partial charge in [0.2, 0.25) is 15.9 Å². The zero-order valence-electron chi connectivity index (χ0n) is 14.7. The molecular formula is C18H22N2O4S. The molecule has 1 amide bonds. The van der Waals surface area contributed by atoms with Gasteiger partial charge in [0, 0.05) is 0 Å². The summed E-state index contributed by atoms with van der Waals surface area (Å²) in [5, 5.41) is 2.69. The molecule has 0 aliphatic heterocycles. The molecule has 0 saturated heterocycles. The summed E-state index contributed by atoms with van der Waals surface area (Å²) in [6.07, 6.45) is 1.08. The number of nitrogens with zero attached hydrogens (tertiary/aromatic N) is 1. The van der Waals surface area contributed by atoms with Crippen LogP contribution in [0.25, 0.3) is 0 Å². The van der Waals surface area contributed by atoms with Crippen molar-refractivity contribution in [2.75, 3.05) is 29.5 Å². The van der Waals surface area contributed by atoms with Crippen LogP contribution in [-0.4, -0.2) is 34.2 Å². The number of anilines is 2. The quantitative estimate of drug-likeness (QED) is 0.857. The molecule has 134 valence electrons. The Morgan fingerprint density at radius 2 is 1.72 bits per heavy atom. The molecule has 0 unspecified atom stereocenters. The number of hydrogen-bond acceptors (Lipinski definition) is 4. The number of rotatable bonds is 6. The van der Waals surface area contributed by atoms with E-state index in [4.69, 9.17) is 4.74 Å². The summed E-state index contributed by atoms with van der Waals surface area (Å²) < 4.78 is 30.7. The highest BCUT2D eigenvalue weighted by molar-refractivity contribution is 7.92. The summed E-state index contributed by atoms with van der Waals surface area (Å²) in [6.45, 7) is 3.44. The van der Waals surface area contributed by atoms with E-state index in [0.717, 1.165) is 21.7 Å². The fourth-order valence-electron chi connectivity index (χ4n) is 2.56. The Morgan fingerprint density at radius 1 is 1.12 bits per heavy atom. The third-order valence-corrected chi connectivity index (χ3v) is 4.70. The largest absolute Gasteiger partial charge is 0.495 e. The van der Waals surface area contributed by atoms with Gasteiger partial charge in [0.05, 0.1) is 24.7 Å². The van der Waals surface area contributed by atoms with Crippen LogP contribution in [0, 0.1) is 13.8 Å². The Hall–Kier alpha value is -2.54. The Balaban J connectivity index is 2.27. The Labute approximate surface area is 148 Å². The minimum absolute atomic E-state index is 0.320. The van der Waals surface area contributed by atoms with Crippen LogP contribution in [0.1, 0.15) is 11.1 Å². The third-order valence-electron chi connectivity index (χ3n) is 3.56. The third kappa shape index (κ3) is 4.96. The van der Waals surface area contributed by atoms with Gasteiger partial charge in [-0.25, -0.2) is 8.42 Å². The van der Waals surface area contributed by atoms with Crippen molar-refractivity contribution in [3.63, 3.8) is 0 Å². The van der Waals surface area contributed by atoms with Crippen molar-refractivity contribution in [3.8, 4) is 5.75 Å². The lowest BCUT2D eigenvalue weighted by Crippen LogP contribution is -2.37. The van der Waals surface area contributed by atoms with E-state index in [1.807, 2.05) is 19.9 Å². The SMILES string of the molecule is COc1ccccc1NC(=O)CN(c1cc(C)cc(C)c1)S(C)(=O)=O. The number of ether oxygens (including phenoxy) is 1. The number of hydrogen-bond donors (Lipinski definition) is 1. The van der Waals surface area contributed by atoms with Gasteiger partial charge in [-0.1, -0.05) is 18.2 Å². The van der Waals surface area contributed by atoms with Crippen LogP contribution in [0.4, 0.5) is 11.4 Å². The summed E-state index contributed by atoms with van der Waals surface area (Å²) in [5.74, 6) is 0.0576. The minimum atomic E-state index is -3.61. The average Bonchev–Trinajstić information content (AvgIpc) is 2.51. The van der Waals surface area contributed by atoms with Gasteiger partial charge in [0.25, 0.3) is 0 Å². The number of para-hydroxylation sites is 2. The van der Waals surface area contributed by atoms with Gasteiger partial charge in [-0.05, 0) is 49.2 Å². The van der Waals surface area contributed by atoms with Crippen molar-refractivity contribution in [1.82, 2.24) is 0 Å². The maximum Gasteiger partial charge on any atom is 0.245 e. The summed E-state index contributed by atoms with van der Waals surface area (Å²) in [4.78, 5) is 12.4. The minimum Gasteiger partial charge on any atom is -0.495 e. The molecule has 25 heavy (non-hydrogen) atoms. The average molecular weight is 362 g/mol. The first-order chi connectivity index (χ1) is 11.7. The first kappa shape index (κ1) is 18.8. The highest BCUT2D eigenvalue weighted by atomic mass is 32.2. The van der Waals surface area contributed by atoms with Crippen molar-refractivity contribution < 1.29 is 17.9 Å². The highest BCUT2D eigenvalue weighted by Gasteiger charge is 2.22. The lowest BCUT2D eigenvalue weighted by molar-refractivity contribution is -0.114. The summed E-state index contributed by atoms with van der Waals surface area (Å²) >= 11 is 0. The van der Waals surface area contributed by atoms with E-state index in [1.54, 1.807) is 36.4 Å². The van der Waals surface area contributed by atoms with E-state index in [9.17, 15) is 13.2 Å². The van der Waals surface area contributed by atoms with Gasteiger partial charge in [-0.2, -0.15) is 0 Å². The van der Waals surface area contributed by atoms with Gasteiger partial charge < -0.3 is 10.1 Å². The molecule has 0 radical (unpaired) electrons. The number of sulfonamides is 1. The molecule has 2 rings (SSSR count). The monoisotopic (exact) mass is 362 g/mol. The fourth-order valence-corrected chi connectivity index (χ4v) is 3.40. The number of carbonyl (C=O) groups is 1. The molecule has 0 fully saturated rings. The predicted molar refractivity (Wildman–Crippen MR) is 99.7 cm³/mol. The molecule has 6 nitrogen and oxygen atoms in total. The van der Waals surface area contributed by atoms with Crippen molar-refractivity contribution in [1.29, 1.82) is 0 Å². The van der Waals surface area contributed by atoms with Crippen LogP contribution in [0.3, 0.4) is 0 Å². The van der Waals surface area contributed by atoms with E-state index in [2.05, 4.69) is 5.32 Å². The molecular weight excluding hydrogens is 340 g/mol. The Bertz CT molecular complexity index is 858. The maximum atomic E-state index is 12.4. The number of amides is 1. The molecule has 0 spiro atoms. The van der Waals surface area contributed by atoms with Gasteiger partial charge in [0.15, 0.2) is 0 Å². The Morgan fingerprint density at radius 3 is 2.28 bits per heavy atom. The molecule has 0 saturated carbocycles. The molecule has 2 aromatic carbocycles. The number of methoxy groups -OCH3 is 1. The smallest absolute Gasteiger partial charge is 0.245 e. The number of aryl methyl sites for hydroxylation is 2. The van der Waals surface area contributed by atoms with Crippen LogP contribution in [0.5, 0.6) is 5.75 Å². The topological polar surface area (TPSA) is 75.7 Å². The molecule has 7 heteroatoms. The molecule has 0 aromatic heterocycles. The van der Waals surface area contributed by atoms with Crippen LogP contribution in [0.2, 0.25) is 0 Å². The molecule has 2 aromatic rings. The number of benzene rings is 2. The lowest BCUT2D eigenvalue weighted by Gasteiger charge is -2.23. The maximum absolute atomic E-state index is 12.4. The van der Waals surface area contributed by atoms with Crippen molar-refractivity contribution in [3.05, 3.63) is 53.6 Å². The predicted octanol–water partition coefficient (Wildman–Crippen LogP) is 2.72.